The van der Waals surface area contributed by atoms with Crippen LogP contribution in [0.15, 0.2) is 39.3 Å². The van der Waals surface area contributed by atoms with Crippen LogP contribution in [0.25, 0.3) is 0 Å². The standard InChI is InChI=1S/C20H30N4O2S.HI/c1-16(24-9-6-19-17(14-24)7-12-27-19)13-23-20(21-2)22-8-4-10-25-15-18-5-3-11-26-18;/h3,5,7,11-12,16H,4,6,8-10,13-15H2,1-2H3,(H2,21,22,23);1H. The van der Waals surface area contributed by atoms with Crippen LogP contribution in [0.4, 0.5) is 0 Å². The summed E-state index contributed by atoms with van der Waals surface area (Å²) in [6.45, 7) is 7.40. The smallest absolute Gasteiger partial charge is 0.191 e. The summed E-state index contributed by atoms with van der Waals surface area (Å²) in [4.78, 5) is 8.41. The molecule has 2 aromatic heterocycles. The van der Waals surface area contributed by atoms with Gasteiger partial charge < -0.3 is 19.8 Å². The monoisotopic (exact) mass is 518 g/mol. The van der Waals surface area contributed by atoms with Gasteiger partial charge in [-0.25, -0.2) is 0 Å². The van der Waals surface area contributed by atoms with E-state index in [2.05, 4.69) is 38.9 Å². The Morgan fingerprint density at radius 1 is 1.39 bits per heavy atom. The Morgan fingerprint density at radius 2 is 2.29 bits per heavy atom. The van der Waals surface area contributed by atoms with Gasteiger partial charge in [0.1, 0.15) is 12.4 Å². The van der Waals surface area contributed by atoms with E-state index < -0.39 is 0 Å². The second-order valence-electron chi connectivity index (χ2n) is 6.80. The number of fused-ring (bicyclic) bond motifs is 1. The number of thiophene rings is 1. The van der Waals surface area contributed by atoms with Crippen LogP contribution in [0.3, 0.4) is 0 Å². The van der Waals surface area contributed by atoms with Gasteiger partial charge in [-0.1, -0.05) is 0 Å². The fraction of sp³-hybridized carbons (Fsp3) is 0.550. The summed E-state index contributed by atoms with van der Waals surface area (Å²) in [5.41, 5.74) is 1.50. The highest BCUT2D eigenvalue weighted by atomic mass is 127. The largest absolute Gasteiger partial charge is 0.467 e. The molecule has 1 aliphatic rings. The van der Waals surface area contributed by atoms with E-state index in [1.165, 1.54) is 12.0 Å². The number of rotatable bonds is 9. The van der Waals surface area contributed by atoms with Gasteiger partial charge in [0, 0.05) is 50.8 Å². The normalized spacial score (nSPS) is 15.6. The van der Waals surface area contributed by atoms with Crippen molar-refractivity contribution >= 4 is 41.3 Å². The summed E-state index contributed by atoms with van der Waals surface area (Å²) in [7, 11) is 1.81. The molecule has 1 aliphatic heterocycles. The molecule has 2 N–H and O–H groups in total. The van der Waals surface area contributed by atoms with E-state index in [9.17, 15) is 0 Å². The molecule has 0 saturated heterocycles. The molecule has 6 nitrogen and oxygen atoms in total. The van der Waals surface area contributed by atoms with Crippen LogP contribution in [0, 0.1) is 0 Å². The van der Waals surface area contributed by atoms with Crippen molar-refractivity contribution < 1.29 is 9.15 Å². The molecule has 0 aliphatic carbocycles. The van der Waals surface area contributed by atoms with E-state index in [0.29, 0.717) is 19.3 Å². The lowest BCUT2D eigenvalue weighted by Crippen LogP contribution is -2.47. The van der Waals surface area contributed by atoms with E-state index in [0.717, 1.165) is 44.3 Å². The van der Waals surface area contributed by atoms with Crippen molar-refractivity contribution in [1.29, 1.82) is 0 Å². The molecule has 0 saturated carbocycles. The molecule has 156 valence electrons. The van der Waals surface area contributed by atoms with Gasteiger partial charge in [-0.2, -0.15) is 0 Å². The first-order valence-electron chi connectivity index (χ1n) is 9.60. The average molecular weight is 518 g/mol. The molecule has 0 bridgehead atoms. The van der Waals surface area contributed by atoms with Gasteiger partial charge in [0.25, 0.3) is 0 Å². The van der Waals surface area contributed by atoms with Gasteiger partial charge >= 0.3 is 0 Å². The third kappa shape index (κ3) is 7.06. The third-order valence-electron chi connectivity index (χ3n) is 4.83. The van der Waals surface area contributed by atoms with Crippen LogP contribution >= 0.6 is 35.3 Å². The summed E-state index contributed by atoms with van der Waals surface area (Å²) in [5.74, 6) is 1.71. The molecule has 0 fully saturated rings. The number of halogens is 1. The third-order valence-corrected chi connectivity index (χ3v) is 5.85. The van der Waals surface area contributed by atoms with Crippen molar-refractivity contribution in [3.63, 3.8) is 0 Å². The van der Waals surface area contributed by atoms with E-state index in [4.69, 9.17) is 9.15 Å². The Balaban J connectivity index is 0.00000280. The summed E-state index contributed by atoms with van der Waals surface area (Å²) < 4.78 is 10.8. The molecule has 1 atom stereocenters. The molecule has 0 amide bonds. The van der Waals surface area contributed by atoms with Crippen LogP contribution in [0.5, 0.6) is 0 Å². The van der Waals surface area contributed by atoms with Crippen LogP contribution < -0.4 is 10.6 Å². The van der Waals surface area contributed by atoms with Crippen LogP contribution in [-0.2, 0) is 24.3 Å². The van der Waals surface area contributed by atoms with Gasteiger partial charge in [-0.3, -0.25) is 9.89 Å². The Bertz CT molecular complexity index is 705. The minimum atomic E-state index is 0. The van der Waals surface area contributed by atoms with E-state index in [1.54, 1.807) is 11.1 Å². The number of hydrogen-bond acceptors (Lipinski definition) is 5. The Hall–Kier alpha value is -1.10. The molecule has 2 aromatic rings. The molecular weight excluding hydrogens is 487 g/mol. The number of aliphatic imine (C=N–C) groups is 1. The molecule has 3 rings (SSSR count). The maximum absolute atomic E-state index is 5.59. The number of ether oxygens (including phenoxy) is 1. The highest BCUT2D eigenvalue weighted by molar-refractivity contribution is 14.0. The quantitative estimate of drug-likeness (QED) is 0.231. The first-order chi connectivity index (χ1) is 13.3. The molecule has 3 heterocycles. The zero-order chi connectivity index (χ0) is 18.9. The molecular formula is C20H31IN4O2S. The Labute approximate surface area is 188 Å². The summed E-state index contributed by atoms with van der Waals surface area (Å²) in [6, 6.07) is 6.53. The number of furan rings is 1. The van der Waals surface area contributed by atoms with Gasteiger partial charge in [0.15, 0.2) is 5.96 Å². The predicted molar refractivity (Wildman–Crippen MR) is 126 cm³/mol. The van der Waals surface area contributed by atoms with Gasteiger partial charge in [-0.05, 0) is 48.9 Å². The lowest BCUT2D eigenvalue weighted by atomic mass is 10.1. The summed E-state index contributed by atoms with van der Waals surface area (Å²) in [6.07, 6.45) is 3.76. The second-order valence-corrected chi connectivity index (χ2v) is 7.80. The summed E-state index contributed by atoms with van der Waals surface area (Å²) in [5, 5.41) is 9.00. The molecule has 28 heavy (non-hydrogen) atoms. The number of nitrogens with one attached hydrogen (secondary N) is 2. The lowest BCUT2D eigenvalue weighted by Gasteiger charge is -2.32. The number of nitrogens with zero attached hydrogens (tertiary/aromatic N) is 2. The van der Waals surface area contributed by atoms with Crippen molar-refractivity contribution in [2.24, 2.45) is 4.99 Å². The molecule has 8 heteroatoms. The molecule has 0 spiro atoms. The average Bonchev–Trinajstić information content (AvgIpc) is 3.37. The van der Waals surface area contributed by atoms with Crippen LogP contribution in [-0.4, -0.2) is 50.2 Å². The molecule has 0 radical (unpaired) electrons. The fourth-order valence-corrected chi connectivity index (χ4v) is 4.08. The first kappa shape index (κ1) is 23.2. The molecule has 1 unspecified atom stereocenters. The van der Waals surface area contributed by atoms with Crippen molar-refractivity contribution in [2.45, 2.75) is 39.0 Å². The Morgan fingerprint density at radius 3 is 3.07 bits per heavy atom. The van der Waals surface area contributed by atoms with Crippen LogP contribution in [0.2, 0.25) is 0 Å². The maximum atomic E-state index is 5.59. The van der Waals surface area contributed by atoms with Gasteiger partial charge in [0.05, 0.1) is 6.26 Å². The fourth-order valence-electron chi connectivity index (χ4n) is 3.19. The van der Waals surface area contributed by atoms with E-state index in [-0.39, 0.29) is 24.0 Å². The highest BCUT2D eigenvalue weighted by Gasteiger charge is 2.21. The first-order valence-corrected chi connectivity index (χ1v) is 10.5. The minimum Gasteiger partial charge on any atom is -0.467 e. The van der Waals surface area contributed by atoms with Crippen LogP contribution in [0.1, 0.15) is 29.5 Å². The van der Waals surface area contributed by atoms with Gasteiger partial charge in [0.2, 0.25) is 0 Å². The zero-order valence-corrected chi connectivity index (χ0v) is 19.8. The molecule has 0 aromatic carbocycles. The summed E-state index contributed by atoms with van der Waals surface area (Å²) >= 11 is 1.89. The zero-order valence-electron chi connectivity index (χ0n) is 16.6. The second kappa shape index (κ2) is 12.5. The predicted octanol–water partition coefficient (Wildman–Crippen LogP) is 3.48. The maximum Gasteiger partial charge on any atom is 0.191 e. The number of guanidine groups is 1. The van der Waals surface area contributed by atoms with Crippen molar-refractivity contribution in [1.82, 2.24) is 15.5 Å². The van der Waals surface area contributed by atoms with Crippen molar-refractivity contribution in [2.75, 3.05) is 33.3 Å². The minimum absolute atomic E-state index is 0. The van der Waals surface area contributed by atoms with Gasteiger partial charge in [-0.15, -0.1) is 35.3 Å². The SMILES string of the molecule is CN=C(NCCCOCc1ccco1)NCC(C)N1CCc2sccc2C1.I. The lowest BCUT2D eigenvalue weighted by molar-refractivity contribution is 0.105. The van der Waals surface area contributed by atoms with E-state index in [1.807, 2.05) is 30.5 Å². The van der Waals surface area contributed by atoms with E-state index >= 15 is 0 Å². The highest BCUT2D eigenvalue weighted by Crippen LogP contribution is 2.24. The Kier molecular flexibility index (Phi) is 10.3. The van der Waals surface area contributed by atoms with Crippen molar-refractivity contribution in [3.05, 3.63) is 46.0 Å². The van der Waals surface area contributed by atoms with Crippen molar-refractivity contribution in [3.8, 4) is 0 Å². The number of hydrogen-bond donors (Lipinski definition) is 2. The topological polar surface area (TPSA) is 62.0 Å².